The first-order chi connectivity index (χ1) is 13.3. The van der Waals surface area contributed by atoms with Crippen molar-refractivity contribution in [2.45, 2.75) is 43.9 Å². The van der Waals surface area contributed by atoms with Gasteiger partial charge >= 0.3 is 6.09 Å². The quantitative estimate of drug-likeness (QED) is 0.461. The lowest BCUT2D eigenvalue weighted by Gasteiger charge is -2.31. The molecule has 1 aliphatic rings. The summed E-state index contributed by atoms with van der Waals surface area (Å²) in [6.07, 6.45) is 0.917. The summed E-state index contributed by atoms with van der Waals surface area (Å²) in [5, 5.41) is 0. The molecule has 3 nitrogen and oxygen atoms in total. The minimum Gasteiger partial charge on any atom is -0.443 e. The van der Waals surface area contributed by atoms with Crippen LogP contribution in [-0.4, -0.2) is 23.2 Å². The molecule has 1 amide bonds. The predicted octanol–water partition coefficient (Wildman–Crippen LogP) is 7.26. The molecule has 6 heteroatoms. The van der Waals surface area contributed by atoms with Gasteiger partial charge in [-0.25, -0.2) is 4.79 Å². The van der Waals surface area contributed by atoms with Crippen molar-refractivity contribution < 1.29 is 9.53 Å². The Morgan fingerprint density at radius 2 is 1.82 bits per heavy atom. The van der Waals surface area contributed by atoms with E-state index in [-0.39, 0.29) is 6.09 Å². The fraction of sp³-hybridized carbons (Fsp3) is 0.409. The van der Waals surface area contributed by atoms with Gasteiger partial charge in [-0.1, -0.05) is 46.3 Å². The fourth-order valence-electron chi connectivity index (χ4n) is 2.96. The van der Waals surface area contributed by atoms with Crippen molar-refractivity contribution in [2.24, 2.45) is 0 Å². The molecule has 0 bridgehead atoms. The Labute approximate surface area is 184 Å². The van der Waals surface area contributed by atoms with Gasteiger partial charge in [0.25, 0.3) is 0 Å². The van der Waals surface area contributed by atoms with E-state index in [1.54, 1.807) is 4.90 Å². The highest BCUT2D eigenvalue weighted by atomic mass is 79.9. The Kier molecular flexibility index (Phi) is 7.40. The molecule has 1 fully saturated rings. The van der Waals surface area contributed by atoms with Crippen LogP contribution >= 0.6 is 39.5 Å². The molecule has 0 saturated carbocycles. The number of rotatable bonds is 4. The van der Waals surface area contributed by atoms with E-state index >= 15 is 0 Å². The van der Waals surface area contributed by atoms with E-state index in [1.807, 2.05) is 86.8 Å². The van der Waals surface area contributed by atoms with Gasteiger partial charge in [-0.3, -0.25) is 4.90 Å². The smallest absolute Gasteiger partial charge is 0.415 e. The van der Waals surface area contributed by atoms with Gasteiger partial charge in [0.2, 0.25) is 0 Å². The molecular weight excluding hydrogens is 454 g/mol. The number of amides is 1. The molecular formula is C22H26BrNO2S2. The Morgan fingerprint density at radius 3 is 2.46 bits per heavy atom. The third kappa shape index (κ3) is 5.94. The summed E-state index contributed by atoms with van der Waals surface area (Å²) in [6, 6.07) is 16.2. The van der Waals surface area contributed by atoms with E-state index in [0.717, 1.165) is 27.2 Å². The highest BCUT2D eigenvalue weighted by Gasteiger charge is 2.28. The molecule has 2 aromatic rings. The van der Waals surface area contributed by atoms with Crippen molar-refractivity contribution in [1.29, 1.82) is 0 Å². The number of thioether (sulfide) groups is 2. The number of benzene rings is 2. The first kappa shape index (κ1) is 21.6. The molecule has 2 aromatic carbocycles. The highest BCUT2D eigenvalue weighted by molar-refractivity contribution is 9.10. The molecule has 0 N–H and O–H groups in total. The van der Waals surface area contributed by atoms with E-state index < -0.39 is 5.60 Å². The van der Waals surface area contributed by atoms with Crippen molar-refractivity contribution in [3.05, 3.63) is 64.1 Å². The van der Waals surface area contributed by atoms with Gasteiger partial charge in [0.1, 0.15) is 5.60 Å². The summed E-state index contributed by atoms with van der Waals surface area (Å²) in [5.41, 5.74) is 2.63. The Morgan fingerprint density at radius 1 is 1.14 bits per heavy atom. The number of anilines is 1. The average Bonchev–Trinajstić information content (AvgIpc) is 2.66. The average molecular weight is 480 g/mol. The van der Waals surface area contributed by atoms with Crippen LogP contribution in [0.1, 0.15) is 42.9 Å². The topological polar surface area (TPSA) is 29.5 Å². The number of halogens is 1. The molecule has 1 aliphatic heterocycles. The van der Waals surface area contributed by atoms with E-state index in [4.69, 9.17) is 4.74 Å². The minimum atomic E-state index is -0.546. The van der Waals surface area contributed by atoms with Crippen molar-refractivity contribution in [3.63, 3.8) is 0 Å². The maximum atomic E-state index is 13.2. The van der Waals surface area contributed by atoms with E-state index in [1.165, 1.54) is 12.0 Å². The fourth-order valence-corrected chi connectivity index (χ4v) is 6.27. The van der Waals surface area contributed by atoms with Crippen LogP contribution < -0.4 is 4.90 Å². The van der Waals surface area contributed by atoms with Crippen molar-refractivity contribution in [1.82, 2.24) is 0 Å². The van der Waals surface area contributed by atoms with E-state index in [2.05, 4.69) is 22.0 Å². The van der Waals surface area contributed by atoms with Gasteiger partial charge < -0.3 is 4.74 Å². The van der Waals surface area contributed by atoms with Crippen LogP contribution in [-0.2, 0) is 11.3 Å². The second-order valence-electron chi connectivity index (χ2n) is 7.68. The van der Waals surface area contributed by atoms with Crippen LogP contribution in [0.5, 0.6) is 0 Å². The molecule has 1 saturated heterocycles. The molecule has 150 valence electrons. The highest BCUT2D eigenvalue weighted by Crippen LogP contribution is 2.48. The first-order valence-corrected chi connectivity index (χ1v) is 12.3. The largest absolute Gasteiger partial charge is 0.443 e. The molecule has 0 unspecified atom stereocenters. The van der Waals surface area contributed by atoms with Crippen molar-refractivity contribution in [3.8, 4) is 0 Å². The molecule has 0 aliphatic carbocycles. The molecule has 0 radical (unpaired) electrons. The molecule has 1 heterocycles. The van der Waals surface area contributed by atoms with Crippen LogP contribution in [0.15, 0.2) is 53.0 Å². The van der Waals surface area contributed by atoms with E-state index in [0.29, 0.717) is 11.1 Å². The van der Waals surface area contributed by atoms with Gasteiger partial charge in [-0.05, 0) is 62.5 Å². The second-order valence-corrected chi connectivity index (χ2v) is 11.3. The summed E-state index contributed by atoms with van der Waals surface area (Å²) < 4.78 is 7.11. The maximum Gasteiger partial charge on any atom is 0.415 e. The number of ether oxygens (including phenoxy) is 1. The number of hydrogen-bond donors (Lipinski definition) is 0. The number of carbonyl (C=O) groups is 1. The maximum absolute atomic E-state index is 13.2. The normalized spacial score (nSPS) is 15.3. The summed E-state index contributed by atoms with van der Waals surface area (Å²) in [6.45, 7) is 6.19. The number of hydrogen-bond acceptors (Lipinski definition) is 4. The predicted molar refractivity (Wildman–Crippen MR) is 125 cm³/mol. The summed E-state index contributed by atoms with van der Waals surface area (Å²) in [4.78, 5) is 14.9. The third-order valence-corrected chi connectivity index (χ3v) is 7.63. The second kappa shape index (κ2) is 9.59. The van der Waals surface area contributed by atoms with Gasteiger partial charge in [0.15, 0.2) is 0 Å². The van der Waals surface area contributed by atoms with Gasteiger partial charge in [-0.15, -0.1) is 23.5 Å². The lowest BCUT2D eigenvalue weighted by atomic mass is 10.1. The SMILES string of the molecule is CC(C)(C)OC(=O)N(Cc1ccccc1)c1ccc(Br)cc1C1SCCCS1. The molecule has 28 heavy (non-hydrogen) atoms. The standard InChI is InChI=1S/C22H26BrNO2S2/c1-22(2,3)26-21(25)24(15-16-8-5-4-6-9-16)19-11-10-17(23)14-18(19)20-27-12-7-13-28-20/h4-6,8-11,14,20H,7,12-13,15H2,1-3H3. The van der Waals surface area contributed by atoms with Crippen molar-refractivity contribution in [2.75, 3.05) is 16.4 Å². The van der Waals surface area contributed by atoms with Gasteiger partial charge in [0.05, 0.1) is 16.8 Å². The number of carbonyl (C=O) groups excluding carboxylic acids is 1. The van der Waals surface area contributed by atoms with Crippen LogP contribution in [0.4, 0.5) is 10.5 Å². The Hall–Kier alpha value is -1.11. The molecule has 0 spiro atoms. The lowest BCUT2D eigenvalue weighted by molar-refractivity contribution is 0.0577. The zero-order chi connectivity index (χ0) is 20.1. The Balaban J connectivity index is 2.00. The van der Waals surface area contributed by atoms with Crippen LogP contribution in [0.2, 0.25) is 0 Å². The molecule has 0 atom stereocenters. The lowest BCUT2D eigenvalue weighted by Crippen LogP contribution is -2.37. The van der Waals surface area contributed by atoms with Crippen LogP contribution in [0.25, 0.3) is 0 Å². The zero-order valence-corrected chi connectivity index (χ0v) is 19.7. The summed E-state index contributed by atoms with van der Waals surface area (Å²) >= 11 is 7.51. The van der Waals surface area contributed by atoms with Crippen molar-refractivity contribution >= 4 is 51.2 Å². The summed E-state index contributed by atoms with van der Waals surface area (Å²) in [5.74, 6) is 2.30. The van der Waals surface area contributed by atoms with Crippen LogP contribution in [0.3, 0.4) is 0 Å². The van der Waals surface area contributed by atoms with Gasteiger partial charge in [0, 0.05) is 10.0 Å². The Bertz CT molecular complexity index is 802. The molecule has 3 rings (SSSR count). The van der Waals surface area contributed by atoms with E-state index in [9.17, 15) is 4.79 Å². The zero-order valence-electron chi connectivity index (χ0n) is 16.5. The monoisotopic (exact) mass is 479 g/mol. The first-order valence-electron chi connectivity index (χ1n) is 9.40. The third-order valence-electron chi connectivity index (χ3n) is 4.16. The summed E-state index contributed by atoms with van der Waals surface area (Å²) in [7, 11) is 0. The minimum absolute atomic E-state index is 0.314. The van der Waals surface area contributed by atoms with Crippen LogP contribution in [0, 0.1) is 0 Å². The molecule has 0 aromatic heterocycles. The van der Waals surface area contributed by atoms with Gasteiger partial charge in [-0.2, -0.15) is 0 Å². The number of nitrogens with zero attached hydrogens (tertiary/aromatic N) is 1.